The molecule has 0 spiro atoms. The molecule has 20 heavy (non-hydrogen) atoms. The zero-order valence-electron chi connectivity index (χ0n) is 11.4. The SMILES string of the molecule is Cc1nnc(SC(C)C(=O)Nc2ccc(F)cc2)n1C. The van der Waals surface area contributed by atoms with Crippen molar-refractivity contribution in [2.24, 2.45) is 7.05 Å². The monoisotopic (exact) mass is 294 g/mol. The van der Waals surface area contributed by atoms with Crippen molar-refractivity contribution in [1.82, 2.24) is 14.8 Å². The van der Waals surface area contributed by atoms with Crippen LogP contribution in [-0.2, 0) is 11.8 Å². The van der Waals surface area contributed by atoms with Crippen molar-refractivity contribution in [3.63, 3.8) is 0 Å². The van der Waals surface area contributed by atoms with E-state index in [0.717, 1.165) is 5.82 Å². The normalized spacial score (nSPS) is 12.2. The van der Waals surface area contributed by atoms with Crippen molar-refractivity contribution in [3.05, 3.63) is 35.9 Å². The summed E-state index contributed by atoms with van der Waals surface area (Å²) in [4.78, 5) is 12.0. The predicted molar refractivity (Wildman–Crippen MR) is 76.1 cm³/mol. The summed E-state index contributed by atoms with van der Waals surface area (Å²) in [5.74, 6) is 0.292. The van der Waals surface area contributed by atoms with E-state index in [0.29, 0.717) is 10.8 Å². The van der Waals surface area contributed by atoms with Crippen molar-refractivity contribution in [3.8, 4) is 0 Å². The zero-order valence-corrected chi connectivity index (χ0v) is 12.2. The summed E-state index contributed by atoms with van der Waals surface area (Å²) in [6.45, 7) is 3.63. The molecule has 2 aromatic rings. The average molecular weight is 294 g/mol. The van der Waals surface area contributed by atoms with Crippen LogP contribution in [0.1, 0.15) is 12.7 Å². The molecule has 1 N–H and O–H groups in total. The summed E-state index contributed by atoms with van der Waals surface area (Å²) in [6, 6.07) is 5.66. The first-order valence-electron chi connectivity index (χ1n) is 6.06. The van der Waals surface area contributed by atoms with Crippen LogP contribution >= 0.6 is 11.8 Å². The predicted octanol–water partition coefficient (Wildman–Crippen LogP) is 2.38. The Labute approximate surface area is 120 Å². The highest BCUT2D eigenvalue weighted by Crippen LogP contribution is 2.22. The molecule has 0 radical (unpaired) electrons. The first-order chi connectivity index (χ1) is 9.47. The lowest BCUT2D eigenvalue weighted by Gasteiger charge is -2.11. The highest BCUT2D eigenvalue weighted by molar-refractivity contribution is 8.00. The molecule has 0 saturated heterocycles. The van der Waals surface area contributed by atoms with Gasteiger partial charge in [-0.3, -0.25) is 4.79 Å². The molecule has 1 atom stereocenters. The first kappa shape index (κ1) is 14.5. The number of benzene rings is 1. The third kappa shape index (κ3) is 3.36. The minimum atomic E-state index is -0.333. The largest absolute Gasteiger partial charge is 0.325 e. The van der Waals surface area contributed by atoms with Crippen LogP contribution in [0.4, 0.5) is 10.1 Å². The van der Waals surface area contributed by atoms with E-state index in [-0.39, 0.29) is 17.0 Å². The number of aryl methyl sites for hydroxylation is 1. The number of amides is 1. The van der Waals surface area contributed by atoms with Gasteiger partial charge in [0.15, 0.2) is 5.16 Å². The number of nitrogens with zero attached hydrogens (tertiary/aromatic N) is 3. The fourth-order valence-electron chi connectivity index (χ4n) is 1.48. The molecule has 1 aromatic heterocycles. The highest BCUT2D eigenvalue weighted by Gasteiger charge is 2.18. The second-order valence-corrected chi connectivity index (χ2v) is 5.65. The number of carbonyl (C=O) groups is 1. The minimum absolute atomic E-state index is 0.165. The van der Waals surface area contributed by atoms with Crippen LogP contribution in [0, 0.1) is 12.7 Å². The topological polar surface area (TPSA) is 59.8 Å². The van der Waals surface area contributed by atoms with Crippen LogP contribution in [0.3, 0.4) is 0 Å². The number of aromatic nitrogens is 3. The molecule has 7 heteroatoms. The Hall–Kier alpha value is -1.89. The van der Waals surface area contributed by atoms with Crippen LogP contribution in [-0.4, -0.2) is 25.9 Å². The molecule has 106 valence electrons. The lowest BCUT2D eigenvalue weighted by atomic mass is 10.3. The van der Waals surface area contributed by atoms with E-state index in [1.54, 1.807) is 6.92 Å². The van der Waals surface area contributed by atoms with E-state index in [1.165, 1.54) is 36.0 Å². The van der Waals surface area contributed by atoms with Gasteiger partial charge in [-0.15, -0.1) is 10.2 Å². The smallest absolute Gasteiger partial charge is 0.237 e. The van der Waals surface area contributed by atoms with E-state index in [2.05, 4.69) is 15.5 Å². The second kappa shape index (κ2) is 6.04. The van der Waals surface area contributed by atoms with E-state index >= 15 is 0 Å². The van der Waals surface area contributed by atoms with Gasteiger partial charge in [-0.25, -0.2) is 4.39 Å². The van der Waals surface area contributed by atoms with Gasteiger partial charge in [-0.05, 0) is 38.1 Å². The van der Waals surface area contributed by atoms with E-state index in [4.69, 9.17) is 0 Å². The summed E-state index contributed by atoms with van der Waals surface area (Å²) in [7, 11) is 1.85. The molecule has 0 aliphatic heterocycles. The number of thioether (sulfide) groups is 1. The Kier molecular flexibility index (Phi) is 4.39. The average Bonchev–Trinajstić information content (AvgIpc) is 2.73. The molecule has 0 saturated carbocycles. The van der Waals surface area contributed by atoms with Gasteiger partial charge in [-0.2, -0.15) is 0 Å². The third-order valence-corrected chi connectivity index (χ3v) is 3.95. The number of anilines is 1. The summed E-state index contributed by atoms with van der Waals surface area (Å²) in [5, 5.41) is 11.0. The van der Waals surface area contributed by atoms with Crippen molar-refractivity contribution < 1.29 is 9.18 Å². The van der Waals surface area contributed by atoms with E-state index in [9.17, 15) is 9.18 Å². The molecular weight excluding hydrogens is 279 g/mol. The Balaban J connectivity index is 1.98. The molecule has 2 rings (SSSR count). The second-order valence-electron chi connectivity index (χ2n) is 4.35. The van der Waals surface area contributed by atoms with Gasteiger partial charge < -0.3 is 9.88 Å². The Morgan fingerprint density at radius 2 is 2.00 bits per heavy atom. The molecular formula is C13H15FN4OS. The molecule has 0 bridgehead atoms. The molecule has 0 aliphatic rings. The Bertz CT molecular complexity index is 611. The number of rotatable bonds is 4. The van der Waals surface area contributed by atoms with Crippen LogP contribution < -0.4 is 5.32 Å². The quantitative estimate of drug-likeness (QED) is 0.880. The summed E-state index contributed by atoms with van der Waals surface area (Å²) in [6.07, 6.45) is 0. The zero-order chi connectivity index (χ0) is 14.7. The van der Waals surface area contributed by atoms with Crippen molar-refractivity contribution in [2.45, 2.75) is 24.3 Å². The van der Waals surface area contributed by atoms with Crippen LogP contribution in [0.25, 0.3) is 0 Å². The minimum Gasteiger partial charge on any atom is -0.325 e. The number of nitrogens with one attached hydrogen (secondary N) is 1. The maximum atomic E-state index is 12.8. The number of hydrogen-bond acceptors (Lipinski definition) is 4. The molecule has 1 heterocycles. The van der Waals surface area contributed by atoms with E-state index in [1.807, 2.05) is 18.5 Å². The van der Waals surface area contributed by atoms with Crippen molar-refractivity contribution >= 4 is 23.4 Å². The van der Waals surface area contributed by atoms with Gasteiger partial charge in [0.25, 0.3) is 0 Å². The molecule has 0 aliphatic carbocycles. The van der Waals surface area contributed by atoms with E-state index < -0.39 is 0 Å². The standard InChI is InChI=1S/C13H15FN4OS/c1-8(20-13-17-16-9(2)18(13)3)12(19)15-11-6-4-10(14)5-7-11/h4-8H,1-3H3,(H,15,19). The van der Waals surface area contributed by atoms with Crippen molar-refractivity contribution in [2.75, 3.05) is 5.32 Å². The maximum absolute atomic E-state index is 12.8. The number of hydrogen-bond donors (Lipinski definition) is 1. The van der Waals surface area contributed by atoms with Crippen molar-refractivity contribution in [1.29, 1.82) is 0 Å². The lowest BCUT2D eigenvalue weighted by Crippen LogP contribution is -2.22. The van der Waals surface area contributed by atoms with Crippen LogP contribution in [0.2, 0.25) is 0 Å². The number of halogens is 1. The van der Waals surface area contributed by atoms with Crippen LogP contribution in [0.15, 0.2) is 29.4 Å². The van der Waals surface area contributed by atoms with Gasteiger partial charge >= 0.3 is 0 Å². The van der Waals surface area contributed by atoms with Gasteiger partial charge in [0.2, 0.25) is 5.91 Å². The van der Waals surface area contributed by atoms with Gasteiger partial charge in [0.05, 0.1) is 5.25 Å². The van der Waals surface area contributed by atoms with Gasteiger partial charge in [0.1, 0.15) is 11.6 Å². The molecule has 1 aromatic carbocycles. The molecule has 1 amide bonds. The Morgan fingerprint density at radius 3 is 2.55 bits per heavy atom. The Morgan fingerprint density at radius 1 is 1.35 bits per heavy atom. The lowest BCUT2D eigenvalue weighted by molar-refractivity contribution is -0.115. The maximum Gasteiger partial charge on any atom is 0.237 e. The summed E-state index contributed by atoms with van der Waals surface area (Å²) < 4.78 is 14.6. The first-order valence-corrected chi connectivity index (χ1v) is 6.94. The molecule has 5 nitrogen and oxygen atoms in total. The van der Waals surface area contributed by atoms with Gasteiger partial charge in [0, 0.05) is 12.7 Å². The fraction of sp³-hybridized carbons (Fsp3) is 0.308. The highest BCUT2D eigenvalue weighted by atomic mass is 32.2. The fourth-order valence-corrected chi connectivity index (χ4v) is 2.34. The van der Waals surface area contributed by atoms with Crippen LogP contribution in [0.5, 0.6) is 0 Å². The third-order valence-electron chi connectivity index (χ3n) is 2.82. The molecule has 1 unspecified atom stereocenters. The molecule has 0 fully saturated rings. The number of carbonyl (C=O) groups excluding carboxylic acids is 1. The van der Waals surface area contributed by atoms with Gasteiger partial charge in [-0.1, -0.05) is 11.8 Å². The summed E-state index contributed by atoms with van der Waals surface area (Å²) >= 11 is 1.32. The summed E-state index contributed by atoms with van der Waals surface area (Å²) in [5.41, 5.74) is 0.568.